The Bertz CT molecular complexity index is 429. The van der Waals surface area contributed by atoms with Crippen molar-refractivity contribution in [2.45, 2.75) is 72.1 Å². The van der Waals surface area contributed by atoms with Gasteiger partial charge in [-0.1, -0.05) is 33.8 Å². The van der Waals surface area contributed by atoms with E-state index in [0.717, 1.165) is 0 Å². The summed E-state index contributed by atoms with van der Waals surface area (Å²) in [6, 6.07) is 0. The summed E-state index contributed by atoms with van der Waals surface area (Å²) >= 11 is 0. The van der Waals surface area contributed by atoms with Crippen LogP contribution in [0, 0.1) is 17.3 Å². The summed E-state index contributed by atoms with van der Waals surface area (Å²) in [5.74, 6) is -1.33. The molecule has 23 heavy (non-hydrogen) atoms. The maximum Gasteiger partial charge on any atom is 0.308 e. The molecule has 1 aliphatic rings. The molecule has 1 aliphatic heterocycles. The fraction of sp³-hybridized carbons (Fsp3) is 0.833. The van der Waals surface area contributed by atoms with Crippen molar-refractivity contribution < 1.29 is 24.1 Å². The molecular formula is C18H32O5. The lowest BCUT2D eigenvalue weighted by molar-refractivity contribution is -0.353. The average Bonchev–Trinajstić information content (AvgIpc) is 2.48. The predicted molar refractivity (Wildman–Crippen MR) is 88.8 cm³/mol. The second kappa shape index (κ2) is 7.32. The summed E-state index contributed by atoms with van der Waals surface area (Å²) in [6.07, 6.45) is 0.706. The van der Waals surface area contributed by atoms with Crippen LogP contribution in [0.5, 0.6) is 0 Å². The van der Waals surface area contributed by atoms with Gasteiger partial charge in [-0.2, -0.15) is 0 Å². The number of carbonyl (C=O) groups excluding carboxylic acids is 1. The molecule has 1 saturated heterocycles. The Hall–Kier alpha value is -0.910. The van der Waals surface area contributed by atoms with E-state index in [1.807, 2.05) is 41.5 Å². The number of hydrogen-bond acceptors (Lipinski definition) is 5. The van der Waals surface area contributed by atoms with Gasteiger partial charge in [-0.05, 0) is 13.8 Å². The van der Waals surface area contributed by atoms with Gasteiger partial charge >= 0.3 is 5.97 Å². The highest BCUT2D eigenvalue weighted by atomic mass is 16.7. The fourth-order valence-corrected chi connectivity index (χ4v) is 3.28. The van der Waals surface area contributed by atoms with E-state index < -0.39 is 17.3 Å². The number of aliphatic hydroxyl groups is 1. The predicted octanol–water partition coefficient (Wildman–Crippen LogP) is 2.91. The van der Waals surface area contributed by atoms with Crippen molar-refractivity contribution in [3.8, 4) is 0 Å². The first-order chi connectivity index (χ1) is 10.5. The number of esters is 1. The monoisotopic (exact) mass is 328 g/mol. The average molecular weight is 328 g/mol. The van der Waals surface area contributed by atoms with Crippen LogP contribution in [0.1, 0.15) is 48.0 Å². The Morgan fingerprint density at radius 2 is 1.87 bits per heavy atom. The molecule has 134 valence electrons. The number of carbonyl (C=O) groups is 1. The third-order valence-corrected chi connectivity index (χ3v) is 4.91. The zero-order chi connectivity index (χ0) is 18.0. The fourth-order valence-electron chi connectivity index (χ4n) is 3.28. The Labute approximate surface area is 140 Å². The molecule has 0 aliphatic carbocycles. The van der Waals surface area contributed by atoms with E-state index in [0.29, 0.717) is 0 Å². The summed E-state index contributed by atoms with van der Waals surface area (Å²) < 4.78 is 16.9. The molecule has 5 atom stereocenters. The molecule has 0 radical (unpaired) electrons. The van der Waals surface area contributed by atoms with Crippen LogP contribution in [-0.2, 0) is 19.0 Å². The quantitative estimate of drug-likeness (QED) is 0.600. The largest absolute Gasteiger partial charge is 0.469 e. The van der Waals surface area contributed by atoms with Gasteiger partial charge in [0, 0.05) is 17.3 Å². The van der Waals surface area contributed by atoms with Gasteiger partial charge in [0.2, 0.25) is 0 Å². The maximum atomic E-state index is 11.7. The third-order valence-electron chi connectivity index (χ3n) is 4.91. The van der Waals surface area contributed by atoms with Crippen LogP contribution in [0.25, 0.3) is 0 Å². The standard InChI is InChI=1S/C18H32O5/c1-9-11(2)15(20)12(3)16-17(4,5)13(10-14(19)21-8)22-18(6,7)23-16/h9,11-13,15-16,20H,1,10H2,2-8H3/t11-,12-,13+,15-,16+/m1/s1. The first kappa shape index (κ1) is 20.1. The van der Waals surface area contributed by atoms with Crippen molar-refractivity contribution >= 4 is 5.97 Å². The molecular weight excluding hydrogens is 296 g/mol. The van der Waals surface area contributed by atoms with Gasteiger partial charge in [-0.25, -0.2) is 0 Å². The molecule has 5 nitrogen and oxygen atoms in total. The SMILES string of the molecule is C=C[C@@H](C)[C@@H](O)[C@@H](C)[C@@H]1OC(C)(C)O[C@@H](CC(=O)OC)C1(C)C. The van der Waals surface area contributed by atoms with Crippen LogP contribution < -0.4 is 0 Å². The molecule has 1 heterocycles. The van der Waals surface area contributed by atoms with Gasteiger partial charge in [0.1, 0.15) is 0 Å². The molecule has 0 bridgehead atoms. The van der Waals surface area contributed by atoms with E-state index in [1.54, 1.807) is 6.08 Å². The highest BCUT2D eigenvalue weighted by Gasteiger charge is 2.52. The number of aliphatic hydroxyl groups excluding tert-OH is 1. The normalized spacial score (nSPS) is 30.1. The van der Waals surface area contributed by atoms with Gasteiger partial charge in [0.25, 0.3) is 0 Å². The summed E-state index contributed by atoms with van der Waals surface area (Å²) in [4.78, 5) is 11.7. The zero-order valence-electron chi connectivity index (χ0n) is 15.5. The molecule has 0 aromatic carbocycles. The van der Waals surface area contributed by atoms with E-state index >= 15 is 0 Å². The van der Waals surface area contributed by atoms with Gasteiger partial charge in [-0.15, -0.1) is 6.58 Å². The highest BCUT2D eigenvalue weighted by molar-refractivity contribution is 5.69. The molecule has 0 spiro atoms. The zero-order valence-corrected chi connectivity index (χ0v) is 15.5. The number of rotatable bonds is 6. The van der Waals surface area contributed by atoms with E-state index in [1.165, 1.54) is 7.11 Å². The minimum atomic E-state index is -0.829. The Morgan fingerprint density at radius 1 is 1.30 bits per heavy atom. The maximum absolute atomic E-state index is 11.7. The van der Waals surface area contributed by atoms with Gasteiger partial charge in [0.05, 0.1) is 31.8 Å². The van der Waals surface area contributed by atoms with E-state index in [-0.39, 0.29) is 36.4 Å². The molecule has 1 rings (SSSR count). The van der Waals surface area contributed by atoms with Crippen molar-refractivity contribution in [2.75, 3.05) is 7.11 Å². The number of hydrogen-bond donors (Lipinski definition) is 1. The van der Waals surface area contributed by atoms with Crippen molar-refractivity contribution in [3.63, 3.8) is 0 Å². The van der Waals surface area contributed by atoms with Gasteiger partial charge in [-0.3, -0.25) is 4.79 Å². The van der Waals surface area contributed by atoms with Crippen LogP contribution in [0.4, 0.5) is 0 Å². The molecule has 1 N–H and O–H groups in total. The molecule has 0 saturated carbocycles. The van der Waals surface area contributed by atoms with Crippen LogP contribution in [0.3, 0.4) is 0 Å². The molecule has 0 aromatic rings. The highest BCUT2D eigenvalue weighted by Crippen LogP contribution is 2.45. The molecule has 0 aromatic heterocycles. The van der Waals surface area contributed by atoms with E-state index in [9.17, 15) is 9.90 Å². The lowest BCUT2D eigenvalue weighted by Crippen LogP contribution is -2.60. The topological polar surface area (TPSA) is 65.0 Å². The third kappa shape index (κ3) is 4.55. The van der Waals surface area contributed by atoms with Crippen LogP contribution in [0.2, 0.25) is 0 Å². The number of ether oxygens (including phenoxy) is 3. The second-order valence-electron chi connectivity index (χ2n) is 7.59. The summed E-state index contributed by atoms with van der Waals surface area (Å²) in [6.45, 7) is 15.3. The smallest absolute Gasteiger partial charge is 0.308 e. The lowest BCUT2D eigenvalue weighted by Gasteiger charge is -2.53. The van der Waals surface area contributed by atoms with Crippen molar-refractivity contribution in [2.24, 2.45) is 17.3 Å². The Balaban J connectivity index is 3.08. The Kier molecular flexibility index (Phi) is 6.41. The number of methoxy groups -OCH3 is 1. The van der Waals surface area contributed by atoms with Crippen molar-refractivity contribution in [1.82, 2.24) is 0 Å². The van der Waals surface area contributed by atoms with Crippen molar-refractivity contribution in [3.05, 3.63) is 12.7 Å². The Morgan fingerprint density at radius 3 is 2.35 bits per heavy atom. The minimum absolute atomic E-state index is 0.0468. The second-order valence-corrected chi connectivity index (χ2v) is 7.59. The molecule has 0 unspecified atom stereocenters. The molecule has 1 fully saturated rings. The molecule has 0 amide bonds. The minimum Gasteiger partial charge on any atom is -0.469 e. The first-order valence-electron chi connectivity index (χ1n) is 8.19. The summed E-state index contributed by atoms with van der Waals surface area (Å²) in [5, 5.41) is 10.6. The molecule has 5 heteroatoms. The van der Waals surface area contributed by atoms with Crippen molar-refractivity contribution in [1.29, 1.82) is 0 Å². The van der Waals surface area contributed by atoms with Crippen LogP contribution >= 0.6 is 0 Å². The first-order valence-corrected chi connectivity index (χ1v) is 8.19. The van der Waals surface area contributed by atoms with E-state index in [2.05, 4.69) is 6.58 Å². The van der Waals surface area contributed by atoms with Gasteiger partial charge in [0.15, 0.2) is 5.79 Å². The van der Waals surface area contributed by atoms with E-state index in [4.69, 9.17) is 14.2 Å². The lowest BCUT2D eigenvalue weighted by atomic mass is 9.71. The van der Waals surface area contributed by atoms with Gasteiger partial charge < -0.3 is 19.3 Å². The van der Waals surface area contributed by atoms with Crippen LogP contribution in [0.15, 0.2) is 12.7 Å². The summed E-state index contributed by atoms with van der Waals surface area (Å²) in [7, 11) is 1.37. The summed E-state index contributed by atoms with van der Waals surface area (Å²) in [5.41, 5.74) is -0.453. The van der Waals surface area contributed by atoms with Crippen LogP contribution in [-0.4, -0.2) is 42.3 Å².